The molecular formula is C9H12FN5. The van der Waals surface area contributed by atoms with Gasteiger partial charge in [0.2, 0.25) is 0 Å². The average Bonchev–Trinajstić information content (AvgIpc) is 2.08. The lowest BCUT2D eigenvalue weighted by atomic mass is 10.2. The zero-order valence-electron chi connectivity index (χ0n) is 8.19. The summed E-state index contributed by atoms with van der Waals surface area (Å²) >= 11 is 0. The van der Waals surface area contributed by atoms with Gasteiger partial charge in [0, 0.05) is 5.69 Å². The molecule has 0 aliphatic carbocycles. The molecule has 0 saturated carbocycles. The van der Waals surface area contributed by atoms with E-state index in [1.165, 1.54) is 18.2 Å². The molecule has 1 aromatic carbocycles. The topological polar surface area (TPSA) is 97.8 Å². The van der Waals surface area contributed by atoms with Crippen LogP contribution < -0.4 is 16.4 Å². The number of nitrogens with one attached hydrogen (secondary N) is 4. The Morgan fingerprint density at radius 2 is 2.07 bits per heavy atom. The van der Waals surface area contributed by atoms with Gasteiger partial charge in [0.25, 0.3) is 0 Å². The first-order valence-electron chi connectivity index (χ1n) is 4.22. The van der Waals surface area contributed by atoms with E-state index in [1.54, 1.807) is 6.92 Å². The predicted octanol–water partition coefficient (Wildman–Crippen LogP) is 0.964. The zero-order chi connectivity index (χ0) is 11.4. The largest absolute Gasteiger partial charge is 0.370 e. The molecule has 6 heteroatoms. The standard InChI is InChI=1S/C9H12FN5/c1-5-4-6(10)2-3-7(5)14-9(13)15-8(11)12/h2-4H,1H3,(H6,11,12,13,14,15). The summed E-state index contributed by atoms with van der Waals surface area (Å²) in [6.07, 6.45) is 0. The second-order valence-electron chi connectivity index (χ2n) is 3.00. The highest BCUT2D eigenvalue weighted by Crippen LogP contribution is 2.14. The number of anilines is 1. The molecule has 0 spiro atoms. The molecule has 0 saturated heterocycles. The summed E-state index contributed by atoms with van der Waals surface area (Å²) < 4.78 is 12.7. The van der Waals surface area contributed by atoms with Crippen molar-refractivity contribution in [1.82, 2.24) is 5.32 Å². The quantitative estimate of drug-likeness (QED) is 0.352. The van der Waals surface area contributed by atoms with Gasteiger partial charge in [-0.3, -0.25) is 16.1 Å². The van der Waals surface area contributed by atoms with Crippen LogP contribution >= 0.6 is 0 Å². The van der Waals surface area contributed by atoms with Crippen LogP contribution in [0.25, 0.3) is 0 Å². The first-order valence-corrected chi connectivity index (χ1v) is 4.22. The number of nitrogens with two attached hydrogens (primary N) is 1. The maximum Gasteiger partial charge on any atom is 0.199 e. The monoisotopic (exact) mass is 209 g/mol. The lowest BCUT2D eigenvalue weighted by Gasteiger charge is -2.10. The lowest BCUT2D eigenvalue weighted by molar-refractivity contribution is 0.627. The van der Waals surface area contributed by atoms with Crippen molar-refractivity contribution in [2.75, 3.05) is 5.32 Å². The first kappa shape index (κ1) is 11.0. The molecule has 0 unspecified atom stereocenters. The number of halogens is 1. The summed E-state index contributed by atoms with van der Waals surface area (Å²) in [4.78, 5) is 0. The molecule has 1 rings (SSSR count). The van der Waals surface area contributed by atoms with Crippen LogP contribution in [-0.4, -0.2) is 11.9 Å². The Balaban J connectivity index is 2.72. The summed E-state index contributed by atoms with van der Waals surface area (Å²) in [5.41, 5.74) is 6.30. The van der Waals surface area contributed by atoms with Gasteiger partial charge < -0.3 is 11.1 Å². The van der Waals surface area contributed by atoms with Crippen molar-refractivity contribution in [3.05, 3.63) is 29.6 Å². The summed E-state index contributed by atoms with van der Waals surface area (Å²) in [6.45, 7) is 1.71. The van der Waals surface area contributed by atoms with Crippen LogP contribution in [0.15, 0.2) is 18.2 Å². The lowest BCUT2D eigenvalue weighted by Crippen LogP contribution is -2.39. The minimum absolute atomic E-state index is 0.128. The van der Waals surface area contributed by atoms with Crippen LogP contribution in [0.5, 0.6) is 0 Å². The van der Waals surface area contributed by atoms with Gasteiger partial charge >= 0.3 is 0 Å². The van der Waals surface area contributed by atoms with Crippen molar-refractivity contribution in [1.29, 1.82) is 10.8 Å². The van der Waals surface area contributed by atoms with E-state index >= 15 is 0 Å². The molecule has 5 nitrogen and oxygen atoms in total. The van der Waals surface area contributed by atoms with Crippen molar-refractivity contribution in [2.45, 2.75) is 6.92 Å². The number of hydrogen-bond acceptors (Lipinski definition) is 2. The third kappa shape index (κ3) is 3.26. The third-order valence-electron chi connectivity index (χ3n) is 1.71. The molecule has 0 aromatic heterocycles. The van der Waals surface area contributed by atoms with E-state index in [2.05, 4.69) is 10.6 Å². The Labute approximate surface area is 86.5 Å². The zero-order valence-corrected chi connectivity index (χ0v) is 8.19. The second kappa shape index (κ2) is 4.41. The van der Waals surface area contributed by atoms with E-state index in [0.29, 0.717) is 11.3 Å². The molecule has 0 aliphatic rings. The van der Waals surface area contributed by atoms with Gasteiger partial charge in [0.05, 0.1) is 0 Å². The molecule has 0 fully saturated rings. The molecule has 80 valence electrons. The van der Waals surface area contributed by atoms with E-state index < -0.39 is 0 Å². The van der Waals surface area contributed by atoms with Crippen LogP contribution in [0.2, 0.25) is 0 Å². The molecule has 0 aliphatic heterocycles. The first-order chi connectivity index (χ1) is 6.99. The van der Waals surface area contributed by atoms with Gasteiger partial charge in [-0.1, -0.05) is 0 Å². The van der Waals surface area contributed by atoms with Crippen LogP contribution in [-0.2, 0) is 0 Å². The highest BCUT2D eigenvalue weighted by molar-refractivity contribution is 6.02. The Bertz CT molecular complexity index is 401. The molecule has 0 atom stereocenters. The Morgan fingerprint density at radius 1 is 1.40 bits per heavy atom. The summed E-state index contributed by atoms with van der Waals surface area (Å²) in [5, 5.41) is 19.2. The maximum absolute atomic E-state index is 12.7. The number of hydrogen-bond donors (Lipinski definition) is 5. The van der Waals surface area contributed by atoms with Gasteiger partial charge in [0.1, 0.15) is 5.82 Å². The molecular weight excluding hydrogens is 197 g/mol. The molecule has 6 N–H and O–H groups in total. The summed E-state index contributed by atoms with van der Waals surface area (Å²) in [7, 11) is 0. The molecule has 0 heterocycles. The Kier molecular flexibility index (Phi) is 3.22. The normalized spacial score (nSPS) is 9.47. The van der Waals surface area contributed by atoms with E-state index in [1.807, 2.05) is 0 Å². The van der Waals surface area contributed by atoms with Gasteiger partial charge in [-0.15, -0.1) is 0 Å². The van der Waals surface area contributed by atoms with Crippen LogP contribution in [0.3, 0.4) is 0 Å². The maximum atomic E-state index is 12.7. The van der Waals surface area contributed by atoms with Crippen molar-refractivity contribution < 1.29 is 4.39 Å². The van der Waals surface area contributed by atoms with Crippen molar-refractivity contribution in [3.8, 4) is 0 Å². The summed E-state index contributed by atoms with van der Waals surface area (Å²) in [5.74, 6) is -0.784. The van der Waals surface area contributed by atoms with E-state index in [-0.39, 0.29) is 17.7 Å². The van der Waals surface area contributed by atoms with Gasteiger partial charge in [-0.05, 0) is 30.7 Å². The highest BCUT2D eigenvalue weighted by Gasteiger charge is 2.02. The smallest absolute Gasteiger partial charge is 0.199 e. The Hall–Kier alpha value is -2.11. The fraction of sp³-hybridized carbons (Fsp3) is 0.111. The SMILES string of the molecule is Cc1cc(F)ccc1NC(=N)NC(=N)N. The molecule has 0 radical (unpaired) electrons. The molecule has 0 bridgehead atoms. The van der Waals surface area contributed by atoms with Crippen molar-refractivity contribution in [3.63, 3.8) is 0 Å². The third-order valence-corrected chi connectivity index (χ3v) is 1.71. The van der Waals surface area contributed by atoms with Crippen molar-refractivity contribution >= 4 is 17.6 Å². The predicted molar refractivity (Wildman–Crippen MR) is 57.5 cm³/mol. The fourth-order valence-electron chi connectivity index (χ4n) is 1.07. The number of aryl methyl sites for hydroxylation is 1. The molecule has 15 heavy (non-hydrogen) atoms. The van der Waals surface area contributed by atoms with Gasteiger partial charge in [-0.25, -0.2) is 4.39 Å². The van der Waals surface area contributed by atoms with E-state index in [0.717, 1.165) is 0 Å². The number of benzene rings is 1. The molecule has 1 aromatic rings. The minimum atomic E-state index is -0.330. The van der Waals surface area contributed by atoms with Gasteiger partial charge in [-0.2, -0.15) is 0 Å². The average molecular weight is 209 g/mol. The summed E-state index contributed by atoms with van der Waals surface area (Å²) in [6, 6.07) is 4.15. The fourth-order valence-corrected chi connectivity index (χ4v) is 1.07. The van der Waals surface area contributed by atoms with Crippen molar-refractivity contribution in [2.24, 2.45) is 5.73 Å². The van der Waals surface area contributed by atoms with Gasteiger partial charge in [0.15, 0.2) is 11.9 Å². The van der Waals surface area contributed by atoms with Crippen LogP contribution in [0, 0.1) is 23.6 Å². The van der Waals surface area contributed by atoms with Crippen LogP contribution in [0.1, 0.15) is 5.56 Å². The molecule has 0 amide bonds. The van der Waals surface area contributed by atoms with Crippen LogP contribution in [0.4, 0.5) is 10.1 Å². The number of guanidine groups is 2. The highest BCUT2D eigenvalue weighted by atomic mass is 19.1. The van der Waals surface area contributed by atoms with E-state index in [9.17, 15) is 4.39 Å². The minimum Gasteiger partial charge on any atom is -0.370 e. The number of rotatable bonds is 1. The Morgan fingerprint density at radius 3 is 2.60 bits per heavy atom. The van der Waals surface area contributed by atoms with E-state index in [4.69, 9.17) is 16.6 Å². The second-order valence-corrected chi connectivity index (χ2v) is 3.00.